The second-order valence-corrected chi connectivity index (χ2v) is 8.03. The van der Waals surface area contributed by atoms with Crippen LogP contribution in [0.3, 0.4) is 0 Å². The molecular weight excluding hydrogens is 381 g/mol. The number of halogens is 2. The fourth-order valence-corrected chi connectivity index (χ4v) is 4.55. The van der Waals surface area contributed by atoms with Crippen molar-refractivity contribution < 1.29 is 9.59 Å². The Morgan fingerprint density at radius 3 is 3.04 bits per heavy atom. The molecule has 0 saturated carbocycles. The van der Waals surface area contributed by atoms with E-state index in [4.69, 9.17) is 11.6 Å². The number of thioether (sulfide) groups is 1. The van der Waals surface area contributed by atoms with Gasteiger partial charge in [0.1, 0.15) is 0 Å². The molecule has 1 saturated heterocycles. The minimum atomic E-state index is -0.379. The molecule has 2 aliphatic rings. The van der Waals surface area contributed by atoms with Gasteiger partial charge in [-0.2, -0.15) is 0 Å². The van der Waals surface area contributed by atoms with Gasteiger partial charge in [0.25, 0.3) is 0 Å². The first kappa shape index (κ1) is 20.4. The smallest absolute Gasteiger partial charge is 0.238 e. The quantitative estimate of drug-likeness (QED) is 0.810. The maximum absolute atomic E-state index is 12.6. The number of likely N-dealkylation sites (tertiary alicyclic amines) is 1. The topological polar surface area (TPSA) is 61.4 Å². The van der Waals surface area contributed by atoms with Crippen LogP contribution >= 0.6 is 35.8 Å². The summed E-state index contributed by atoms with van der Waals surface area (Å²) in [6, 6.07) is 5.44. The van der Waals surface area contributed by atoms with Crippen molar-refractivity contribution in [2.75, 3.05) is 32.0 Å². The van der Waals surface area contributed by atoms with E-state index in [1.54, 1.807) is 12.1 Å². The minimum absolute atomic E-state index is 0. The summed E-state index contributed by atoms with van der Waals surface area (Å²) in [7, 11) is 1.94. The lowest BCUT2D eigenvalue weighted by Gasteiger charge is -2.34. The van der Waals surface area contributed by atoms with Crippen LogP contribution < -0.4 is 10.6 Å². The second-order valence-electron chi connectivity index (χ2n) is 6.35. The number of rotatable bonds is 4. The molecule has 138 valence electrons. The van der Waals surface area contributed by atoms with E-state index in [-0.39, 0.29) is 35.9 Å². The van der Waals surface area contributed by atoms with Gasteiger partial charge in [0.2, 0.25) is 11.8 Å². The number of carbonyl (C=O) groups excluding carboxylic acids is 2. The lowest BCUT2D eigenvalue weighted by Crippen LogP contribution is -2.44. The van der Waals surface area contributed by atoms with Crippen molar-refractivity contribution in [2.45, 2.75) is 29.4 Å². The molecule has 3 rings (SSSR count). The van der Waals surface area contributed by atoms with Gasteiger partial charge in [-0.25, -0.2) is 0 Å². The Morgan fingerprint density at radius 1 is 1.48 bits per heavy atom. The summed E-state index contributed by atoms with van der Waals surface area (Å²) in [4.78, 5) is 27.8. The van der Waals surface area contributed by atoms with Crippen LogP contribution in [-0.2, 0) is 9.59 Å². The normalized spacial score (nSPS) is 22.6. The molecule has 25 heavy (non-hydrogen) atoms. The highest BCUT2D eigenvalue weighted by atomic mass is 35.5. The zero-order valence-corrected chi connectivity index (χ0v) is 16.5. The van der Waals surface area contributed by atoms with Gasteiger partial charge >= 0.3 is 0 Å². The maximum atomic E-state index is 12.6. The maximum Gasteiger partial charge on any atom is 0.238 e. The summed E-state index contributed by atoms with van der Waals surface area (Å²) in [5.41, 5.74) is 0.730. The SMILES string of the molecule is CNCC1CCCN(C(=O)CC2Sc3ccc(Cl)cc3NC2=O)C1.Cl. The number of carbonyl (C=O) groups is 2. The van der Waals surface area contributed by atoms with Crippen LogP contribution in [0.2, 0.25) is 5.02 Å². The number of fused-ring (bicyclic) bond motifs is 1. The highest BCUT2D eigenvalue weighted by Crippen LogP contribution is 2.38. The molecule has 2 heterocycles. The van der Waals surface area contributed by atoms with E-state index in [0.717, 1.165) is 43.1 Å². The van der Waals surface area contributed by atoms with Crippen LogP contribution in [0.4, 0.5) is 5.69 Å². The highest BCUT2D eigenvalue weighted by molar-refractivity contribution is 8.01. The average Bonchev–Trinajstić information content (AvgIpc) is 2.56. The van der Waals surface area contributed by atoms with Crippen LogP contribution in [0.25, 0.3) is 0 Å². The summed E-state index contributed by atoms with van der Waals surface area (Å²) in [6.07, 6.45) is 2.42. The van der Waals surface area contributed by atoms with Gasteiger partial charge in [-0.05, 0) is 50.6 Å². The van der Waals surface area contributed by atoms with E-state index in [1.165, 1.54) is 11.8 Å². The third-order valence-electron chi connectivity index (χ3n) is 4.49. The van der Waals surface area contributed by atoms with Crippen molar-refractivity contribution in [3.05, 3.63) is 23.2 Å². The Morgan fingerprint density at radius 2 is 2.28 bits per heavy atom. The van der Waals surface area contributed by atoms with Gasteiger partial charge in [-0.1, -0.05) is 11.6 Å². The van der Waals surface area contributed by atoms with Gasteiger partial charge in [0.15, 0.2) is 0 Å². The molecule has 1 fully saturated rings. The predicted molar refractivity (Wildman–Crippen MR) is 105 cm³/mol. The van der Waals surface area contributed by atoms with Crippen molar-refractivity contribution in [2.24, 2.45) is 5.92 Å². The minimum Gasteiger partial charge on any atom is -0.342 e. The fourth-order valence-electron chi connectivity index (χ4n) is 3.29. The summed E-state index contributed by atoms with van der Waals surface area (Å²) in [5.74, 6) is 0.455. The monoisotopic (exact) mass is 403 g/mol. The number of nitrogens with one attached hydrogen (secondary N) is 2. The summed E-state index contributed by atoms with van der Waals surface area (Å²) >= 11 is 7.41. The molecule has 1 aromatic rings. The number of benzene rings is 1. The van der Waals surface area contributed by atoms with Crippen LogP contribution in [0.1, 0.15) is 19.3 Å². The van der Waals surface area contributed by atoms with Crippen LogP contribution in [0, 0.1) is 5.92 Å². The fraction of sp³-hybridized carbons (Fsp3) is 0.529. The number of piperidine rings is 1. The van der Waals surface area contributed by atoms with Gasteiger partial charge in [0, 0.05) is 29.4 Å². The van der Waals surface area contributed by atoms with E-state index in [2.05, 4.69) is 10.6 Å². The summed E-state index contributed by atoms with van der Waals surface area (Å²) in [6.45, 7) is 2.51. The molecule has 2 aliphatic heterocycles. The van der Waals surface area contributed by atoms with Crippen molar-refractivity contribution in [3.8, 4) is 0 Å². The van der Waals surface area contributed by atoms with Crippen LogP contribution in [0.15, 0.2) is 23.1 Å². The van der Waals surface area contributed by atoms with Crippen molar-refractivity contribution in [1.29, 1.82) is 0 Å². The molecular formula is C17H23Cl2N3O2S. The molecule has 2 amide bonds. The molecule has 1 aromatic carbocycles. The van der Waals surface area contributed by atoms with E-state index >= 15 is 0 Å². The molecule has 2 unspecified atom stereocenters. The van der Waals surface area contributed by atoms with E-state index in [0.29, 0.717) is 10.9 Å². The Bertz CT molecular complexity index is 642. The molecule has 0 aromatic heterocycles. The number of amides is 2. The Balaban J connectivity index is 0.00000225. The first-order valence-electron chi connectivity index (χ1n) is 8.26. The Labute approximate surface area is 163 Å². The highest BCUT2D eigenvalue weighted by Gasteiger charge is 2.32. The molecule has 0 aliphatic carbocycles. The predicted octanol–water partition coefficient (Wildman–Crippen LogP) is 3.02. The van der Waals surface area contributed by atoms with Gasteiger partial charge in [-0.15, -0.1) is 24.2 Å². The second kappa shape index (κ2) is 9.12. The largest absolute Gasteiger partial charge is 0.342 e. The van der Waals surface area contributed by atoms with E-state index < -0.39 is 0 Å². The van der Waals surface area contributed by atoms with Crippen LogP contribution in [0.5, 0.6) is 0 Å². The van der Waals surface area contributed by atoms with Gasteiger partial charge < -0.3 is 15.5 Å². The lowest BCUT2D eigenvalue weighted by molar-refractivity contribution is -0.134. The Hall–Kier alpha value is -0.950. The van der Waals surface area contributed by atoms with Crippen molar-refractivity contribution >= 4 is 53.3 Å². The van der Waals surface area contributed by atoms with Gasteiger partial charge in [-0.3, -0.25) is 9.59 Å². The molecule has 8 heteroatoms. The number of hydrogen-bond acceptors (Lipinski definition) is 4. The van der Waals surface area contributed by atoms with E-state index in [1.807, 2.05) is 18.0 Å². The Kier molecular flexibility index (Phi) is 7.43. The number of nitrogens with zero attached hydrogens (tertiary/aromatic N) is 1. The van der Waals surface area contributed by atoms with Crippen molar-refractivity contribution in [3.63, 3.8) is 0 Å². The standard InChI is InChI=1S/C17H22ClN3O2S.ClH/c1-19-9-11-3-2-6-21(10-11)16(22)8-15-17(23)20-13-7-12(18)4-5-14(13)24-15;/h4-5,7,11,15,19H,2-3,6,8-10H2,1H3,(H,20,23);1H. The van der Waals surface area contributed by atoms with Crippen molar-refractivity contribution in [1.82, 2.24) is 10.2 Å². The zero-order valence-electron chi connectivity index (χ0n) is 14.1. The lowest BCUT2D eigenvalue weighted by atomic mass is 9.97. The first-order chi connectivity index (χ1) is 11.6. The molecule has 5 nitrogen and oxygen atoms in total. The summed E-state index contributed by atoms with van der Waals surface area (Å²) in [5, 5.41) is 6.26. The number of anilines is 1. The molecule has 2 atom stereocenters. The van der Waals surface area contributed by atoms with Gasteiger partial charge in [0.05, 0.1) is 10.9 Å². The number of hydrogen-bond donors (Lipinski definition) is 2. The third kappa shape index (κ3) is 5.03. The summed E-state index contributed by atoms with van der Waals surface area (Å²) < 4.78 is 0. The average molecular weight is 404 g/mol. The van der Waals surface area contributed by atoms with E-state index in [9.17, 15) is 9.59 Å². The molecule has 0 bridgehead atoms. The first-order valence-corrected chi connectivity index (χ1v) is 9.52. The zero-order chi connectivity index (χ0) is 17.1. The molecule has 0 radical (unpaired) electrons. The third-order valence-corrected chi connectivity index (χ3v) is 6.00. The van der Waals surface area contributed by atoms with Crippen LogP contribution in [-0.4, -0.2) is 48.6 Å². The molecule has 2 N–H and O–H groups in total. The molecule has 0 spiro atoms.